The molecule has 1 aromatic heterocycles. The molecule has 7 heteroatoms. The van der Waals surface area contributed by atoms with Crippen molar-refractivity contribution in [3.05, 3.63) is 51.0 Å². The Labute approximate surface area is 157 Å². The van der Waals surface area contributed by atoms with E-state index in [2.05, 4.69) is 34.7 Å². The highest BCUT2D eigenvalue weighted by Crippen LogP contribution is 2.29. The maximum atomic E-state index is 13.8. The number of fused-ring (bicyclic) bond motifs is 1. The predicted molar refractivity (Wildman–Crippen MR) is 102 cm³/mol. The minimum atomic E-state index is -0.264. The first-order valence-electron chi connectivity index (χ1n) is 8.73. The van der Waals surface area contributed by atoms with Gasteiger partial charge in [-0.2, -0.15) is 0 Å². The van der Waals surface area contributed by atoms with E-state index in [1.807, 2.05) is 11.3 Å². The Morgan fingerprint density at radius 1 is 1.27 bits per heavy atom. The fourth-order valence-electron chi connectivity index (χ4n) is 2.86. The molecule has 0 saturated carbocycles. The minimum absolute atomic E-state index is 0.211. The highest BCUT2D eigenvalue weighted by molar-refractivity contribution is 7.11. The van der Waals surface area contributed by atoms with Crippen LogP contribution >= 0.6 is 11.3 Å². The molecule has 26 heavy (non-hydrogen) atoms. The van der Waals surface area contributed by atoms with Crippen LogP contribution in [0, 0.1) is 5.82 Å². The number of guanidine groups is 1. The van der Waals surface area contributed by atoms with Crippen LogP contribution in [-0.4, -0.2) is 26.3 Å². The monoisotopic (exact) mass is 377 g/mol. The molecule has 3 rings (SSSR count). The second-order valence-corrected chi connectivity index (χ2v) is 7.24. The smallest absolute Gasteiger partial charge is 0.191 e. The first-order valence-corrected chi connectivity index (χ1v) is 9.55. The number of nitrogens with zero attached hydrogens (tertiary/aromatic N) is 1. The van der Waals surface area contributed by atoms with E-state index in [0.29, 0.717) is 19.6 Å². The summed E-state index contributed by atoms with van der Waals surface area (Å²) in [6.45, 7) is 4.12. The maximum Gasteiger partial charge on any atom is 0.191 e. The van der Waals surface area contributed by atoms with Crippen LogP contribution in [0.5, 0.6) is 5.75 Å². The summed E-state index contributed by atoms with van der Waals surface area (Å²) < 4.78 is 24.5. The molecular formula is C19H24FN3O2S. The Bertz CT molecular complexity index is 776. The van der Waals surface area contributed by atoms with E-state index >= 15 is 0 Å². The van der Waals surface area contributed by atoms with Crippen molar-refractivity contribution in [3.63, 3.8) is 0 Å². The van der Waals surface area contributed by atoms with Crippen LogP contribution in [-0.2, 0) is 30.7 Å². The van der Waals surface area contributed by atoms with Gasteiger partial charge in [-0.3, -0.25) is 4.99 Å². The largest absolute Gasteiger partial charge is 0.467 e. The van der Waals surface area contributed by atoms with E-state index in [9.17, 15) is 4.39 Å². The van der Waals surface area contributed by atoms with Gasteiger partial charge in [0.1, 0.15) is 11.6 Å². The zero-order chi connectivity index (χ0) is 18.4. The van der Waals surface area contributed by atoms with Gasteiger partial charge < -0.3 is 20.1 Å². The lowest BCUT2D eigenvalue weighted by Crippen LogP contribution is -2.37. The molecular weight excluding hydrogens is 353 g/mol. The summed E-state index contributed by atoms with van der Waals surface area (Å²) in [5, 5.41) is 6.58. The van der Waals surface area contributed by atoms with Crippen LogP contribution in [0.25, 0.3) is 0 Å². The van der Waals surface area contributed by atoms with Crippen molar-refractivity contribution in [1.29, 1.82) is 0 Å². The zero-order valence-electron chi connectivity index (χ0n) is 15.1. The highest BCUT2D eigenvalue weighted by atomic mass is 32.1. The fourth-order valence-corrected chi connectivity index (χ4v) is 3.75. The molecule has 0 fully saturated rings. The lowest BCUT2D eigenvalue weighted by molar-refractivity contribution is -0.0172. The van der Waals surface area contributed by atoms with Crippen molar-refractivity contribution in [2.24, 2.45) is 4.99 Å². The number of aryl methyl sites for hydroxylation is 1. The molecule has 0 unspecified atom stereocenters. The van der Waals surface area contributed by atoms with Crippen LogP contribution < -0.4 is 15.4 Å². The van der Waals surface area contributed by atoms with E-state index in [0.717, 1.165) is 35.8 Å². The van der Waals surface area contributed by atoms with Crippen LogP contribution in [0.1, 0.15) is 27.8 Å². The highest BCUT2D eigenvalue weighted by Gasteiger charge is 2.16. The van der Waals surface area contributed by atoms with Crippen LogP contribution in [0.4, 0.5) is 4.39 Å². The molecule has 1 aromatic carbocycles. The van der Waals surface area contributed by atoms with Gasteiger partial charge in [0.15, 0.2) is 12.8 Å². The number of hydrogen-bond acceptors (Lipinski definition) is 4. The number of benzene rings is 1. The molecule has 2 N–H and O–H groups in total. The quantitative estimate of drug-likeness (QED) is 0.600. The zero-order valence-corrected chi connectivity index (χ0v) is 15.9. The van der Waals surface area contributed by atoms with Crippen molar-refractivity contribution in [1.82, 2.24) is 10.6 Å². The van der Waals surface area contributed by atoms with Gasteiger partial charge in [-0.25, -0.2) is 4.39 Å². The molecule has 0 radical (unpaired) electrons. The maximum absolute atomic E-state index is 13.8. The number of ether oxygens (including phenoxy) is 2. The van der Waals surface area contributed by atoms with Gasteiger partial charge in [0.05, 0.1) is 13.2 Å². The molecule has 2 heterocycles. The Morgan fingerprint density at radius 3 is 2.88 bits per heavy atom. The van der Waals surface area contributed by atoms with E-state index in [-0.39, 0.29) is 12.6 Å². The van der Waals surface area contributed by atoms with Crippen molar-refractivity contribution in [2.75, 3.05) is 20.4 Å². The molecule has 1 aliphatic rings. The number of halogens is 1. The third kappa shape index (κ3) is 4.74. The number of rotatable bonds is 6. The summed E-state index contributed by atoms with van der Waals surface area (Å²) >= 11 is 1.81. The average Bonchev–Trinajstić information content (AvgIpc) is 3.12. The van der Waals surface area contributed by atoms with Gasteiger partial charge in [0, 0.05) is 28.9 Å². The van der Waals surface area contributed by atoms with Gasteiger partial charge >= 0.3 is 0 Å². The molecule has 5 nitrogen and oxygen atoms in total. The molecule has 140 valence electrons. The van der Waals surface area contributed by atoms with E-state index in [4.69, 9.17) is 9.47 Å². The summed E-state index contributed by atoms with van der Waals surface area (Å²) in [5.74, 6) is 1.21. The van der Waals surface area contributed by atoms with Gasteiger partial charge in [0.25, 0.3) is 0 Å². The van der Waals surface area contributed by atoms with Crippen LogP contribution in [0.15, 0.2) is 29.3 Å². The summed E-state index contributed by atoms with van der Waals surface area (Å²) in [4.78, 5) is 6.89. The van der Waals surface area contributed by atoms with E-state index < -0.39 is 0 Å². The second-order valence-electron chi connectivity index (χ2n) is 5.99. The standard InChI is InChI=1S/C19H24FN3O2S/c1-3-16-4-5-17(26-16)10-23-19(21-2)22-7-6-13-8-15(20)9-14-11-24-12-25-18(13)14/h4-5,8-9H,3,6-7,10-12H2,1-2H3,(H2,21,22,23). The number of thiophene rings is 1. The van der Waals surface area contributed by atoms with Gasteiger partial charge in [-0.05, 0) is 42.7 Å². The Morgan fingerprint density at radius 2 is 2.12 bits per heavy atom. The predicted octanol–water partition coefficient (Wildman–Crippen LogP) is 3.22. The average molecular weight is 377 g/mol. The van der Waals surface area contributed by atoms with Gasteiger partial charge in [0.2, 0.25) is 0 Å². The van der Waals surface area contributed by atoms with E-state index in [1.54, 1.807) is 7.05 Å². The minimum Gasteiger partial charge on any atom is -0.467 e. The third-order valence-corrected chi connectivity index (χ3v) is 5.39. The van der Waals surface area contributed by atoms with Crippen molar-refractivity contribution < 1.29 is 13.9 Å². The van der Waals surface area contributed by atoms with Crippen LogP contribution in [0.2, 0.25) is 0 Å². The number of aliphatic imine (C=N–C) groups is 1. The molecule has 2 aromatic rings. The Hall–Kier alpha value is -2.12. The molecule has 0 amide bonds. The SMILES string of the molecule is CCc1ccc(CNC(=NC)NCCc2cc(F)cc3c2OCOC3)s1. The lowest BCUT2D eigenvalue weighted by atomic mass is 10.1. The van der Waals surface area contributed by atoms with Crippen molar-refractivity contribution in [3.8, 4) is 5.75 Å². The number of nitrogens with one attached hydrogen (secondary N) is 2. The second kappa shape index (κ2) is 9.00. The topological polar surface area (TPSA) is 54.9 Å². The van der Waals surface area contributed by atoms with Crippen LogP contribution in [0.3, 0.4) is 0 Å². The molecule has 0 spiro atoms. The molecule has 0 saturated heterocycles. The van der Waals surface area contributed by atoms with Crippen molar-refractivity contribution in [2.45, 2.75) is 32.9 Å². The Balaban J connectivity index is 1.52. The molecule has 1 aliphatic heterocycles. The molecule has 0 bridgehead atoms. The summed E-state index contributed by atoms with van der Waals surface area (Å²) in [6.07, 6.45) is 1.70. The van der Waals surface area contributed by atoms with Gasteiger partial charge in [-0.15, -0.1) is 11.3 Å². The summed E-state index contributed by atoms with van der Waals surface area (Å²) in [6, 6.07) is 7.30. The summed E-state index contributed by atoms with van der Waals surface area (Å²) in [7, 11) is 1.74. The van der Waals surface area contributed by atoms with E-state index in [1.165, 1.54) is 21.9 Å². The Kier molecular flexibility index (Phi) is 6.46. The first kappa shape index (κ1) is 18.7. The van der Waals surface area contributed by atoms with Gasteiger partial charge in [-0.1, -0.05) is 6.92 Å². The third-order valence-electron chi connectivity index (χ3n) is 4.16. The number of hydrogen-bond donors (Lipinski definition) is 2. The molecule has 0 aliphatic carbocycles. The first-order chi connectivity index (χ1) is 12.7. The lowest BCUT2D eigenvalue weighted by Gasteiger charge is -2.21. The van der Waals surface area contributed by atoms with Crippen molar-refractivity contribution >= 4 is 17.3 Å². The normalized spacial score (nSPS) is 13.9. The fraction of sp³-hybridized carbons (Fsp3) is 0.421. The summed E-state index contributed by atoms with van der Waals surface area (Å²) in [5.41, 5.74) is 1.61. The molecule has 0 atom stereocenters.